The SMILES string of the molecule is COCCNC(=O)CCCc1ccccc1F. The van der Waals surface area contributed by atoms with Gasteiger partial charge >= 0.3 is 0 Å². The molecule has 0 aliphatic rings. The first kappa shape index (κ1) is 13.6. The summed E-state index contributed by atoms with van der Waals surface area (Å²) in [6.07, 6.45) is 1.65. The highest BCUT2D eigenvalue weighted by atomic mass is 19.1. The minimum absolute atomic E-state index is 0.0154. The fourth-order valence-corrected chi connectivity index (χ4v) is 1.52. The highest BCUT2D eigenvalue weighted by Gasteiger charge is 2.03. The summed E-state index contributed by atoms with van der Waals surface area (Å²) in [5.74, 6) is -0.217. The van der Waals surface area contributed by atoms with Crippen molar-refractivity contribution < 1.29 is 13.9 Å². The van der Waals surface area contributed by atoms with E-state index in [4.69, 9.17) is 4.74 Å². The fourth-order valence-electron chi connectivity index (χ4n) is 1.52. The number of nitrogens with one attached hydrogen (secondary N) is 1. The van der Waals surface area contributed by atoms with Gasteiger partial charge in [0, 0.05) is 20.1 Å². The monoisotopic (exact) mass is 239 g/mol. The van der Waals surface area contributed by atoms with Crippen molar-refractivity contribution in [2.24, 2.45) is 0 Å². The van der Waals surface area contributed by atoms with E-state index in [0.29, 0.717) is 38.0 Å². The van der Waals surface area contributed by atoms with Crippen LogP contribution in [-0.4, -0.2) is 26.2 Å². The molecule has 0 saturated heterocycles. The highest BCUT2D eigenvalue weighted by Crippen LogP contribution is 2.09. The summed E-state index contributed by atoms with van der Waals surface area (Å²) < 4.78 is 18.1. The van der Waals surface area contributed by atoms with Crippen molar-refractivity contribution in [1.29, 1.82) is 0 Å². The molecule has 0 fully saturated rings. The molecule has 0 unspecified atom stereocenters. The van der Waals surface area contributed by atoms with E-state index < -0.39 is 0 Å². The lowest BCUT2D eigenvalue weighted by molar-refractivity contribution is -0.121. The van der Waals surface area contributed by atoms with Crippen LogP contribution in [0.3, 0.4) is 0 Å². The second-order valence-corrected chi connectivity index (χ2v) is 3.79. The first-order chi connectivity index (χ1) is 8.24. The van der Waals surface area contributed by atoms with E-state index in [1.807, 2.05) is 0 Å². The second kappa shape index (κ2) is 7.79. The molecular weight excluding hydrogens is 221 g/mol. The number of rotatable bonds is 7. The van der Waals surface area contributed by atoms with E-state index in [1.165, 1.54) is 6.07 Å². The molecule has 3 nitrogen and oxygen atoms in total. The number of methoxy groups -OCH3 is 1. The number of carbonyl (C=O) groups excluding carboxylic acids is 1. The van der Waals surface area contributed by atoms with Gasteiger partial charge in [-0.25, -0.2) is 4.39 Å². The Bertz CT molecular complexity index is 355. The van der Waals surface area contributed by atoms with Crippen LogP contribution in [0.4, 0.5) is 4.39 Å². The van der Waals surface area contributed by atoms with Crippen LogP contribution in [-0.2, 0) is 16.0 Å². The minimum Gasteiger partial charge on any atom is -0.383 e. The van der Waals surface area contributed by atoms with Crippen LogP contribution >= 0.6 is 0 Å². The van der Waals surface area contributed by atoms with E-state index in [2.05, 4.69) is 5.32 Å². The van der Waals surface area contributed by atoms with E-state index in [-0.39, 0.29) is 11.7 Å². The molecule has 1 N–H and O–H groups in total. The van der Waals surface area contributed by atoms with E-state index in [1.54, 1.807) is 25.3 Å². The van der Waals surface area contributed by atoms with Gasteiger partial charge in [0.15, 0.2) is 0 Å². The van der Waals surface area contributed by atoms with Crippen LogP contribution < -0.4 is 5.32 Å². The van der Waals surface area contributed by atoms with Gasteiger partial charge in [0.1, 0.15) is 5.82 Å². The molecule has 0 bridgehead atoms. The molecule has 0 atom stereocenters. The van der Waals surface area contributed by atoms with Gasteiger partial charge in [-0.1, -0.05) is 18.2 Å². The first-order valence-corrected chi connectivity index (χ1v) is 5.73. The Labute approximate surface area is 101 Å². The van der Waals surface area contributed by atoms with Crippen molar-refractivity contribution in [3.05, 3.63) is 35.6 Å². The maximum Gasteiger partial charge on any atom is 0.220 e. The standard InChI is InChI=1S/C13H18FNO2/c1-17-10-9-15-13(16)8-4-6-11-5-2-3-7-12(11)14/h2-3,5,7H,4,6,8-10H2,1H3,(H,15,16). The van der Waals surface area contributed by atoms with Crippen LogP contribution in [0.1, 0.15) is 18.4 Å². The molecule has 0 saturated carbocycles. The van der Waals surface area contributed by atoms with Crippen molar-refractivity contribution >= 4 is 5.91 Å². The number of hydrogen-bond donors (Lipinski definition) is 1. The predicted molar refractivity (Wildman–Crippen MR) is 64.2 cm³/mol. The average Bonchev–Trinajstić information content (AvgIpc) is 2.32. The summed E-state index contributed by atoms with van der Waals surface area (Å²) in [7, 11) is 1.59. The van der Waals surface area contributed by atoms with Gasteiger partial charge in [-0.2, -0.15) is 0 Å². The van der Waals surface area contributed by atoms with E-state index >= 15 is 0 Å². The number of halogens is 1. The number of amides is 1. The number of benzene rings is 1. The van der Waals surface area contributed by atoms with E-state index in [0.717, 1.165) is 0 Å². The van der Waals surface area contributed by atoms with Crippen LogP contribution in [0.5, 0.6) is 0 Å². The van der Waals surface area contributed by atoms with Crippen LogP contribution in [0.25, 0.3) is 0 Å². The largest absolute Gasteiger partial charge is 0.383 e. The first-order valence-electron chi connectivity index (χ1n) is 5.73. The Morgan fingerprint density at radius 1 is 1.41 bits per heavy atom. The third kappa shape index (κ3) is 5.45. The van der Waals surface area contributed by atoms with Gasteiger partial charge < -0.3 is 10.1 Å². The van der Waals surface area contributed by atoms with Gasteiger partial charge in [-0.3, -0.25) is 4.79 Å². The fraction of sp³-hybridized carbons (Fsp3) is 0.462. The predicted octanol–water partition coefficient (Wildman–Crippen LogP) is 1.91. The van der Waals surface area contributed by atoms with Crippen molar-refractivity contribution in [2.45, 2.75) is 19.3 Å². The molecule has 1 amide bonds. The van der Waals surface area contributed by atoms with Crippen molar-refractivity contribution in [3.8, 4) is 0 Å². The Morgan fingerprint density at radius 2 is 2.18 bits per heavy atom. The van der Waals surface area contributed by atoms with E-state index in [9.17, 15) is 9.18 Å². The topological polar surface area (TPSA) is 38.3 Å². The Morgan fingerprint density at radius 3 is 2.88 bits per heavy atom. The van der Waals surface area contributed by atoms with Gasteiger partial charge in [0.05, 0.1) is 6.61 Å². The normalized spacial score (nSPS) is 10.2. The third-order valence-corrected chi connectivity index (χ3v) is 2.44. The zero-order valence-corrected chi connectivity index (χ0v) is 10.0. The maximum absolute atomic E-state index is 13.2. The van der Waals surface area contributed by atoms with Crippen LogP contribution in [0.2, 0.25) is 0 Å². The van der Waals surface area contributed by atoms with Crippen LogP contribution in [0, 0.1) is 5.82 Å². The van der Waals surface area contributed by atoms with Crippen molar-refractivity contribution in [1.82, 2.24) is 5.32 Å². The molecule has 1 aromatic rings. The Hall–Kier alpha value is -1.42. The molecule has 0 aliphatic heterocycles. The second-order valence-electron chi connectivity index (χ2n) is 3.79. The van der Waals surface area contributed by atoms with Gasteiger partial charge in [-0.15, -0.1) is 0 Å². The maximum atomic E-state index is 13.2. The molecule has 1 aromatic carbocycles. The summed E-state index contributed by atoms with van der Waals surface area (Å²) in [5.41, 5.74) is 0.664. The molecule has 1 rings (SSSR count). The van der Waals surface area contributed by atoms with Crippen molar-refractivity contribution in [3.63, 3.8) is 0 Å². The Kier molecular flexibility index (Phi) is 6.25. The lowest BCUT2D eigenvalue weighted by Gasteiger charge is -2.05. The molecule has 0 spiro atoms. The smallest absolute Gasteiger partial charge is 0.220 e. The molecule has 0 radical (unpaired) electrons. The lowest BCUT2D eigenvalue weighted by Crippen LogP contribution is -2.26. The molecule has 0 aliphatic carbocycles. The zero-order chi connectivity index (χ0) is 12.5. The third-order valence-electron chi connectivity index (χ3n) is 2.44. The number of hydrogen-bond acceptors (Lipinski definition) is 2. The number of ether oxygens (including phenoxy) is 1. The lowest BCUT2D eigenvalue weighted by atomic mass is 10.1. The molecule has 94 valence electrons. The summed E-state index contributed by atoms with van der Waals surface area (Å²) >= 11 is 0. The Balaban J connectivity index is 2.19. The number of carbonyl (C=O) groups is 1. The quantitative estimate of drug-likeness (QED) is 0.738. The average molecular weight is 239 g/mol. The summed E-state index contributed by atoms with van der Waals surface area (Å²) in [4.78, 5) is 11.3. The molecular formula is C13H18FNO2. The highest BCUT2D eigenvalue weighted by molar-refractivity contribution is 5.75. The van der Waals surface area contributed by atoms with Gasteiger partial charge in [0.25, 0.3) is 0 Å². The summed E-state index contributed by atoms with van der Waals surface area (Å²) in [6, 6.07) is 6.65. The zero-order valence-electron chi connectivity index (χ0n) is 10.0. The van der Waals surface area contributed by atoms with Gasteiger partial charge in [0.2, 0.25) is 5.91 Å². The molecule has 0 heterocycles. The molecule has 4 heteroatoms. The van der Waals surface area contributed by atoms with Crippen molar-refractivity contribution in [2.75, 3.05) is 20.3 Å². The number of aryl methyl sites for hydroxylation is 1. The minimum atomic E-state index is -0.202. The van der Waals surface area contributed by atoms with Gasteiger partial charge in [-0.05, 0) is 24.5 Å². The summed E-state index contributed by atoms with van der Waals surface area (Å²) in [6.45, 7) is 1.04. The summed E-state index contributed by atoms with van der Waals surface area (Å²) in [5, 5.41) is 2.73. The molecule has 17 heavy (non-hydrogen) atoms. The van der Waals surface area contributed by atoms with Crippen LogP contribution in [0.15, 0.2) is 24.3 Å². The molecule has 0 aromatic heterocycles.